The van der Waals surface area contributed by atoms with Gasteiger partial charge < -0.3 is 10.6 Å². The molecule has 3 N–H and O–H groups in total. The van der Waals surface area contributed by atoms with Crippen molar-refractivity contribution >= 4 is 5.91 Å². The molecule has 5 nitrogen and oxygen atoms in total. The summed E-state index contributed by atoms with van der Waals surface area (Å²) in [4.78, 5) is 12.5. The van der Waals surface area contributed by atoms with Gasteiger partial charge in [0.1, 0.15) is 5.82 Å². The third kappa shape index (κ3) is 2.20. The van der Waals surface area contributed by atoms with Gasteiger partial charge in [0, 0.05) is 30.8 Å². The van der Waals surface area contributed by atoms with Crippen molar-refractivity contribution in [2.24, 2.45) is 0 Å². The fourth-order valence-electron chi connectivity index (χ4n) is 3.38. The Morgan fingerprint density at radius 3 is 3.18 bits per heavy atom. The summed E-state index contributed by atoms with van der Waals surface area (Å²) in [5.74, 6) is -0.387. The van der Waals surface area contributed by atoms with E-state index in [1.165, 1.54) is 6.07 Å². The first-order valence-corrected chi connectivity index (χ1v) is 7.58. The van der Waals surface area contributed by atoms with Gasteiger partial charge in [-0.1, -0.05) is 6.07 Å². The maximum absolute atomic E-state index is 13.3. The number of aromatic nitrogens is 2. The van der Waals surface area contributed by atoms with E-state index in [0.29, 0.717) is 12.2 Å². The molecule has 2 aromatic rings. The molecule has 1 aromatic heterocycles. The van der Waals surface area contributed by atoms with Crippen LogP contribution in [0.25, 0.3) is 0 Å². The van der Waals surface area contributed by atoms with E-state index >= 15 is 0 Å². The highest BCUT2D eigenvalue weighted by atomic mass is 19.1. The first-order chi connectivity index (χ1) is 10.7. The van der Waals surface area contributed by atoms with E-state index in [9.17, 15) is 9.18 Å². The summed E-state index contributed by atoms with van der Waals surface area (Å²) in [5, 5.41) is 13.4. The molecule has 0 saturated carbocycles. The van der Waals surface area contributed by atoms with Gasteiger partial charge in [0.15, 0.2) is 5.69 Å². The minimum Gasteiger partial charge on any atom is -0.344 e. The largest absolute Gasteiger partial charge is 0.344 e. The minimum absolute atomic E-state index is 0.0630. The molecule has 6 heteroatoms. The summed E-state index contributed by atoms with van der Waals surface area (Å²) < 4.78 is 13.3. The molecule has 1 unspecified atom stereocenters. The van der Waals surface area contributed by atoms with E-state index in [1.54, 1.807) is 12.1 Å². The quantitative estimate of drug-likeness (QED) is 0.789. The van der Waals surface area contributed by atoms with Gasteiger partial charge >= 0.3 is 0 Å². The van der Waals surface area contributed by atoms with Gasteiger partial charge in [-0.15, -0.1) is 0 Å². The van der Waals surface area contributed by atoms with Crippen LogP contribution in [0.15, 0.2) is 18.2 Å². The molecule has 22 heavy (non-hydrogen) atoms. The molecule has 1 aliphatic heterocycles. The molecule has 0 fully saturated rings. The molecule has 1 amide bonds. The lowest BCUT2D eigenvalue weighted by atomic mass is 10.1. The third-order valence-electron chi connectivity index (χ3n) is 4.51. The van der Waals surface area contributed by atoms with Crippen molar-refractivity contribution in [2.75, 3.05) is 6.54 Å². The Balaban J connectivity index is 1.55. The van der Waals surface area contributed by atoms with Crippen LogP contribution >= 0.6 is 0 Å². The minimum atomic E-state index is -0.224. The van der Waals surface area contributed by atoms with Gasteiger partial charge in [-0.05, 0) is 36.1 Å². The average Bonchev–Trinajstić information content (AvgIpc) is 3.11. The van der Waals surface area contributed by atoms with Gasteiger partial charge in [-0.25, -0.2) is 4.39 Å². The Labute approximate surface area is 127 Å². The molecule has 1 atom stereocenters. The number of nitrogens with one attached hydrogen (secondary N) is 3. The predicted octanol–water partition coefficient (Wildman–Crippen LogP) is 1.61. The van der Waals surface area contributed by atoms with Crippen LogP contribution < -0.4 is 10.6 Å². The van der Waals surface area contributed by atoms with Crippen LogP contribution in [0.2, 0.25) is 0 Å². The Morgan fingerprint density at radius 1 is 1.36 bits per heavy atom. The summed E-state index contributed by atoms with van der Waals surface area (Å²) in [6, 6.07) is 4.71. The van der Waals surface area contributed by atoms with Crippen LogP contribution in [0.1, 0.15) is 45.3 Å². The maximum Gasteiger partial charge on any atom is 0.272 e. The number of H-pyrrole nitrogens is 1. The normalized spacial score (nSPS) is 19.6. The van der Waals surface area contributed by atoms with Crippen LogP contribution in [-0.2, 0) is 19.4 Å². The molecule has 0 saturated heterocycles. The first-order valence-electron chi connectivity index (χ1n) is 7.58. The zero-order chi connectivity index (χ0) is 15.1. The number of amides is 1. The highest BCUT2D eigenvalue weighted by molar-refractivity contribution is 5.94. The van der Waals surface area contributed by atoms with Crippen LogP contribution in [0.5, 0.6) is 0 Å². The summed E-state index contributed by atoms with van der Waals surface area (Å²) in [7, 11) is 0. The van der Waals surface area contributed by atoms with Gasteiger partial charge in [0.05, 0.1) is 6.04 Å². The monoisotopic (exact) mass is 300 g/mol. The van der Waals surface area contributed by atoms with Gasteiger partial charge in [-0.2, -0.15) is 5.10 Å². The molecule has 2 aliphatic rings. The second-order valence-electron chi connectivity index (χ2n) is 5.86. The van der Waals surface area contributed by atoms with Crippen molar-refractivity contribution < 1.29 is 9.18 Å². The van der Waals surface area contributed by atoms with Crippen LogP contribution in [-0.4, -0.2) is 22.6 Å². The second-order valence-corrected chi connectivity index (χ2v) is 5.86. The molecule has 2 heterocycles. The Hall–Kier alpha value is -2.21. The number of carbonyl (C=O) groups is 1. The number of aromatic amines is 1. The summed E-state index contributed by atoms with van der Waals surface area (Å²) in [5.41, 5.74) is 4.46. The molecule has 114 valence electrons. The van der Waals surface area contributed by atoms with Crippen molar-refractivity contribution in [2.45, 2.75) is 31.8 Å². The lowest BCUT2D eigenvalue weighted by Gasteiger charge is -2.16. The molecule has 0 bridgehead atoms. The van der Waals surface area contributed by atoms with E-state index < -0.39 is 0 Å². The number of halogens is 1. The Bertz CT molecular complexity index is 740. The topological polar surface area (TPSA) is 69.8 Å². The zero-order valence-electron chi connectivity index (χ0n) is 12.1. The van der Waals surface area contributed by atoms with E-state index in [4.69, 9.17) is 0 Å². The predicted molar refractivity (Wildman–Crippen MR) is 78.9 cm³/mol. The molecule has 4 rings (SSSR count). The van der Waals surface area contributed by atoms with Crippen molar-refractivity contribution in [3.8, 4) is 0 Å². The second kappa shape index (κ2) is 5.21. The van der Waals surface area contributed by atoms with Gasteiger partial charge in [0.2, 0.25) is 0 Å². The van der Waals surface area contributed by atoms with E-state index in [1.807, 2.05) is 0 Å². The fourth-order valence-corrected chi connectivity index (χ4v) is 3.38. The number of benzene rings is 1. The number of rotatable bonds is 2. The molecule has 1 aliphatic carbocycles. The first kappa shape index (κ1) is 13.5. The number of aryl methyl sites for hydroxylation is 1. The smallest absolute Gasteiger partial charge is 0.272 e. The van der Waals surface area contributed by atoms with E-state index in [-0.39, 0.29) is 17.8 Å². The molecule has 1 aromatic carbocycles. The van der Waals surface area contributed by atoms with Crippen molar-refractivity contribution in [3.63, 3.8) is 0 Å². The molecular formula is C16H17FN4O. The Morgan fingerprint density at radius 2 is 2.27 bits per heavy atom. The highest BCUT2D eigenvalue weighted by Crippen LogP contribution is 2.31. The van der Waals surface area contributed by atoms with Crippen molar-refractivity contribution in [3.05, 3.63) is 52.1 Å². The standard InChI is InChI=1S/C16H17FN4O/c17-10-2-3-11-9(7-10)1-4-13(11)19-16(22)15-12-8-18-6-5-14(12)20-21-15/h2-3,7,13,18H,1,4-6,8H2,(H,19,22)(H,20,21). The molecule has 0 radical (unpaired) electrons. The number of hydrogen-bond acceptors (Lipinski definition) is 3. The summed E-state index contributed by atoms with van der Waals surface area (Å²) in [6.07, 6.45) is 2.45. The third-order valence-corrected chi connectivity index (χ3v) is 4.51. The highest BCUT2D eigenvalue weighted by Gasteiger charge is 2.27. The van der Waals surface area contributed by atoms with Crippen molar-refractivity contribution in [1.82, 2.24) is 20.8 Å². The lowest BCUT2D eigenvalue weighted by molar-refractivity contribution is 0.0930. The van der Waals surface area contributed by atoms with E-state index in [0.717, 1.165) is 48.2 Å². The lowest BCUT2D eigenvalue weighted by Crippen LogP contribution is -2.30. The fraction of sp³-hybridized carbons (Fsp3) is 0.375. The van der Waals surface area contributed by atoms with E-state index in [2.05, 4.69) is 20.8 Å². The van der Waals surface area contributed by atoms with Crippen LogP contribution in [0.3, 0.4) is 0 Å². The summed E-state index contributed by atoms with van der Waals surface area (Å²) >= 11 is 0. The SMILES string of the molecule is O=C(NC1CCc2cc(F)ccc21)c1n[nH]c2c1CNCC2. The number of nitrogens with zero attached hydrogens (tertiary/aromatic N) is 1. The van der Waals surface area contributed by atoms with Gasteiger partial charge in [0.25, 0.3) is 5.91 Å². The zero-order valence-corrected chi connectivity index (χ0v) is 12.1. The van der Waals surface area contributed by atoms with Crippen LogP contribution in [0.4, 0.5) is 4.39 Å². The Kier molecular flexibility index (Phi) is 3.18. The number of hydrogen-bond donors (Lipinski definition) is 3. The number of carbonyl (C=O) groups excluding carboxylic acids is 1. The number of fused-ring (bicyclic) bond motifs is 2. The van der Waals surface area contributed by atoms with Crippen LogP contribution in [0, 0.1) is 5.82 Å². The summed E-state index contributed by atoms with van der Waals surface area (Å²) in [6.45, 7) is 1.57. The maximum atomic E-state index is 13.3. The van der Waals surface area contributed by atoms with Crippen molar-refractivity contribution in [1.29, 1.82) is 0 Å². The molecular weight excluding hydrogens is 283 g/mol. The molecule has 0 spiro atoms. The van der Waals surface area contributed by atoms with Gasteiger partial charge in [-0.3, -0.25) is 9.89 Å². The average molecular weight is 300 g/mol.